The average molecular weight is 200 g/mol. The van der Waals surface area contributed by atoms with Crippen LogP contribution in [0.2, 0.25) is 0 Å². The van der Waals surface area contributed by atoms with E-state index in [-0.39, 0.29) is 0 Å². The number of urea groups is 1. The summed E-state index contributed by atoms with van der Waals surface area (Å²) in [6, 6.07) is -0.762. The first-order valence-electron chi connectivity index (χ1n) is 4.77. The van der Waals surface area contributed by atoms with E-state index in [0.717, 1.165) is 12.8 Å². The fourth-order valence-corrected chi connectivity index (χ4v) is 2.15. The lowest BCUT2D eigenvalue weighted by molar-refractivity contribution is -0.146. The molecule has 2 unspecified atom stereocenters. The zero-order valence-electron chi connectivity index (χ0n) is 8.25. The number of carboxylic acids is 1. The third kappa shape index (κ3) is 2.16. The largest absolute Gasteiger partial charge is 0.480 e. The molecule has 0 bridgehead atoms. The van der Waals surface area contributed by atoms with Crippen LogP contribution in [0, 0.1) is 5.92 Å². The number of carbonyl (C=O) groups excluding carboxylic acids is 1. The number of carboxylic acid groups (broad SMARTS) is 1. The molecule has 0 heterocycles. The van der Waals surface area contributed by atoms with Crippen molar-refractivity contribution in [2.24, 2.45) is 11.7 Å². The van der Waals surface area contributed by atoms with Gasteiger partial charge >= 0.3 is 12.0 Å². The van der Waals surface area contributed by atoms with Crippen LogP contribution in [0.4, 0.5) is 4.79 Å². The Morgan fingerprint density at radius 2 is 2.21 bits per heavy atom. The van der Waals surface area contributed by atoms with Gasteiger partial charge in [0, 0.05) is 0 Å². The smallest absolute Gasteiger partial charge is 0.329 e. The summed E-state index contributed by atoms with van der Waals surface area (Å²) in [5.41, 5.74) is 3.84. The van der Waals surface area contributed by atoms with E-state index in [2.05, 4.69) is 5.32 Å². The number of hydrogen-bond donors (Lipinski definition) is 3. The lowest BCUT2D eigenvalue weighted by atomic mass is 9.76. The summed E-state index contributed by atoms with van der Waals surface area (Å²) in [6.07, 6.45) is 2.75. The molecule has 0 aliphatic heterocycles. The Morgan fingerprint density at radius 1 is 1.57 bits per heavy atom. The summed E-state index contributed by atoms with van der Waals surface area (Å²) in [4.78, 5) is 21.8. The molecule has 1 rings (SSSR count). The Hall–Kier alpha value is -1.26. The molecule has 0 radical (unpaired) electrons. The first-order valence-corrected chi connectivity index (χ1v) is 4.77. The van der Waals surface area contributed by atoms with Gasteiger partial charge in [0.05, 0.1) is 0 Å². The molecular formula is C9H16N2O3. The Labute approximate surface area is 82.7 Å². The van der Waals surface area contributed by atoms with Crippen molar-refractivity contribution in [2.75, 3.05) is 0 Å². The zero-order chi connectivity index (χ0) is 10.8. The third-order valence-corrected chi connectivity index (χ3v) is 2.77. The number of carbonyl (C=O) groups is 2. The summed E-state index contributed by atoms with van der Waals surface area (Å²) in [5, 5.41) is 11.4. The predicted molar refractivity (Wildman–Crippen MR) is 50.7 cm³/mol. The summed E-state index contributed by atoms with van der Waals surface area (Å²) in [7, 11) is 0. The number of aliphatic carboxylic acids is 1. The van der Waals surface area contributed by atoms with Gasteiger partial charge in [-0.1, -0.05) is 19.8 Å². The molecule has 1 aliphatic carbocycles. The lowest BCUT2D eigenvalue weighted by Gasteiger charge is -2.36. The molecule has 2 atom stereocenters. The van der Waals surface area contributed by atoms with E-state index in [4.69, 9.17) is 10.8 Å². The number of nitrogens with two attached hydrogens (primary N) is 1. The van der Waals surface area contributed by atoms with Crippen LogP contribution in [0.5, 0.6) is 0 Å². The highest BCUT2D eigenvalue weighted by atomic mass is 16.4. The van der Waals surface area contributed by atoms with E-state index in [0.29, 0.717) is 18.8 Å². The van der Waals surface area contributed by atoms with Crippen molar-refractivity contribution in [3.05, 3.63) is 0 Å². The van der Waals surface area contributed by atoms with Crippen LogP contribution in [0.3, 0.4) is 0 Å². The Morgan fingerprint density at radius 3 is 2.64 bits per heavy atom. The molecule has 2 amide bonds. The zero-order valence-corrected chi connectivity index (χ0v) is 8.25. The number of nitrogens with one attached hydrogen (secondary N) is 1. The molecule has 1 saturated carbocycles. The van der Waals surface area contributed by atoms with Crippen molar-refractivity contribution in [2.45, 2.75) is 38.1 Å². The maximum absolute atomic E-state index is 11.1. The second kappa shape index (κ2) is 3.86. The number of rotatable bonds is 2. The van der Waals surface area contributed by atoms with Gasteiger partial charge in [-0.05, 0) is 18.8 Å². The normalized spacial score (nSPS) is 32.2. The molecular weight excluding hydrogens is 184 g/mol. The lowest BCUT2D eigenvalue weighted by Crippen LogP contribution is -2.58. The van der Waals surface area contributed by atoms with Gasteiger partial charge in [-0.15, -0.1) is 0 Å². The van der Waals surface area contributed by atoms with Crippen molar-refractivity contribution in [3.8, 4) is 0 Å². The van der Waals surface area contributed by atoms with Crippen molar-refractivity contribution in [1.29, 1.82) is 0 Å². The summed E-state index contributed by atoms with van der Waals surface area (Å²) >= 11 is 0. The van der Waals surface area contributed by atoms with Crippen LogP contribution in [0.25, 0.3) is 0 Å². The van der Waals surface area contributed by atoms with Crippen molar-refractivity contribution in [3.63, 3.8) is 0 Å². The maximum atomic E-state index is 11.1. The molecule has 14 heavy (non-hydrogen) atoms. The monoisotopic (exact) mass is 200 g/mol. The highest BCUT2D eigenvalue weighted by molar-refractivity contribution is 5.85. The van der Waals surface area contributed by atoms with Crippen LogP contribution in [-0.2, 0) is 4.79 Å². The first kappa shape index (κ1) is 10.8. The van der Waals surface area contributed by atoms with Gasteiger partial charge in [-0.3, -0.25) is 0 Å². The summed E-state index contributed by atoms with van der Waals surface area (Å²) in [6.45, 7) is 1.99. The van der Waals surface area contributed by atoms with Gasteiger partial charge in [-0.2, -0.15) is 0 Å². The summed E-state index contributed by atoms with van der Waals surface area (Å²) < 4.78 is 0. The van der Waals surface area contributed by atoms with Gasteiger partial charge in [0.25, 0.3) is 0 Å². The Kier molecular flexibility index (Phi) is 2.98. The molecule has 4 N–H and O–H groups in total. The minimum Gasteiger partial charge on any atom is -0.480 e. The van der Waals surface area contributed by atoms with E-state index in [1.807, 2.05) is 6.92 Å². The van der Waals surface area contributed by atoms with Crippen molar-refractivity contribution in [1.82, 2.24) is 5.32 Å². The second-order valence-electron chi connectivity index (χ2n) is 4.08. The minimum atomic E-state index is -1.14. The van der Waals surface area contributed by atoms with Crippen LogP contribution in [0.1, 0.15) is 32.6 Å². The molecule has 80 valence electrons. The molecule has 0 spiro atoms. The topological polar surface area (TPSA) is 92.4 Å². The van der Waals surface area contributed by atoms with Crippen molar-refractivity contribution < 1.29 is 14.7 Å². The fourth-order valence-electron chi connectivity index (χ4n) is 2.15. The van der Waals surface area contributed by atoms with E-state index >= 15 is 0 Å². The third-order valence-electron chi connectivity index (χ3n) is 2.77. The number of primary amides is 1. The highest BCUT2D eigenvalue weighted by Gasteiger charge is 2.42. The molecule has 0 aromatic carbocycles. The van der Waals surface area contributed by atoms with Crippen LogP contribution in [0.15, 0.2) is 0 Å². The quantitative estimate of drug-likeness (QED) is 0.612. The predicted octanol–water partition coefficient (Wildman–Crippen LogP) is 0.688. The molecule has 0 aromatic rings. The molecule has 0 saturated heterocycles. The van der Waals surface area contributed by atoms with Gasteiger partial charge in [0.15, 0.2) is 0 Å². The first-order chi connectivity index (χ1) is 6.46. The molecule has 1 fully saturated rings. The van der Waals surface area contributed by atoms with E-state index in [9.17, 15) is 9.59 Å². The summed E-state index contributed by atoms with van der Waals surface area (Å²) in [5.74, 6) is -0.672. The van der Waals surface area contributed by atoms with Gasteiger partial charge in [0.2, 0.25) is 0 Å². The van der Waals surface area contributed by atoms with Gasteiger partial charge < -0.3 is 16.2 Å². The highest BCUT2D eigenvalue weighted by Crippen LogP contribution is 2.32. The number of amides is 2. The maximum Gasteiger partial charge on any atom is 0.329 e. The molecule has 5 heteroatoms. The Bertz CT molecular complexity index is 254. The SMILES string of the molecule is CC1CCCC(NC(N)=O)(C(=O)O)C1. The second-order valence-corrected chi connectivity index (χ2v) is 4.08. The molecule has 0 aromatic heterocycles. The van der Waals surface area contributed by atoms with Crippen LogP contribution >= 0.6 is 0 Å². The average Bonchev–Trinajstić information content (AvgIpc) is 2.02. The van der Waals surface area contributed by atoms with Crippen LogP contribution in [-0.4, -0.2) is 22.6 Å². The van der Waals surface area contributed by atoms with Crippen molar-refractivity contribution >= 4 is 12.0 Å². The minimum absolute atomic E-state index is 0.312. The van der Waals surface area contributed by atoms with E-state index in [1.54, 1.807) is 0 Å². The van der Waals surface area contributed by atoms with Crippen LogP contribution < -0.4 is 11.1 Å². The van der Waals surface area contributed by atoms with E-state index in [1.165, 1.54) is 0 Å². The van der Waals surface area contributed by atoms with E-state index < -0.39 is 17.5 Å². The van der Waals surface area contributed by atoms with Gasteiger partial charge in [-0.25, -0.2) is 9.59 Å². The number of hydrogen-bond acceptors (Lipinski definition) is 2. The standard InChI is InChI=1S/C9H16N2O3/c1-6-3-2-4-9(5-6,7(12)13)11-8(10)14/h6H,2-5H2,1H3,(H,12,13)(H3,10,11,14). The Balaban J connectivity index is 2.80. The molecule has 1 aliphatic rings. The fraction of sp³-hybridized carbons (Fsp3) is 0.778. The van der Waals surface area contributed by atoms with Gasteiger partial charge in [0.1, 0.15) is 5.54 Å². The molecule has 5 nitrogen and oxygen atoms in total.